The summed E-state index contributed by atoms with van der Waals surface area (Å²) in [4.78, 5) is 20.8. The predicted octanol–water partition coefficient (Wildman–Crippen LogP) is 1.66. The Morgan fingerprint density at radius 3 is 2.73 bits per heavy atom. The van der Waals surface area contributed by atoms with Crippen LogP contribution in [0.4, 0.5) is 0 Å². The van der Waals surface area contributed by atoms with Gasteiger partial charge in [0.15, 0.2) is 5.03 Å². The van der Waals surface area contributed by atoms with Crippen LogP contribution in [0.3, 0.4) is 0 Å². The third kappa shape index (κ3) is 4.28. The van der Waals surface area contributed by atoms with E-state index in [1.54, 1.807) is 12.3 Å². The van der Waals surface area contributed by atoms with Gasteiger partial charge in [-0.3, -0.25) is 4.90 Å². The van der Waals surface area contributed by atoms with Crippen molar-refractivity contribution < 1.29 is 5.03 Å². The maximum Gasteiger partial charge on any atom is 0.276 e. The Labute approximate surface area is 134 Å². The summed E-state index contributed by atoms with van der Waals surface area (Å²) in [6.45, 7) is 4.42. The van der Waals surface area contributed by atoms with Gasteiger partial charge >= 0.3 is 0 Å². The quantitative estimate of drug-likeness (QED) is 0.465. The number of guanidine groups is 1. The van der Waals surface area contributed by atoms with E-state index < -0.39 is 5.03 Å². The molecule has 22 heavy (non-hydrogen) atoms. The first-order valence-electron chi connectivity index (χ1n) is 7.01. The number of pyridine rings is 1. The molecule has 9 heteroatoms. The molecule has 0 bridgehead atoms. The number of halogens is 1. The van der Waals surface area contributed by atoms with Gasteiger partial charge in [-0.05, 0) is 25.1 Å². The van der Waals surface area contributed by atoms with Crippen LogP contribution in [0.1, 0.15) is 18.9 Å². The number of nitrogens with zero attached hydrogens (tertiary/aromatic N) is 6. The monoisotopic (exact) mass is 326 g/mol. The van der Waals surface area contributed by atoms with E-state index in [1.165, 1.54) is 0 Å². The van der Waals surface area contributed by atoms with Crippen LogP contribution in [0.25, 0.3) is 0 Å². The Morgan fingerprint density at radius 1 is 1.41 bits per heavy atom. The molecule has 2 rings (SSSR count). The first-order chi connectivity index (χ1) is 10.5. The fourth-order valence-electron chi connectivity index (χ4n) is 2.44. The molecule has 0 unspecified atom stereocenters. The molecule has 0 amide bonds. The molecular formula is C13H19ClN6O2. The topological polar surface area (TPSA) is 78.1 Å². The smallest absolute Gasteiger partial charge is 0.276 e. The molecule has 1 aliphatic rings. The predicted molar refractivity (Wildman–Crippen MR) is 83.7 cm³/mol. The molecule has 1 aromatic rings. The van der Waals surface area contributed by atoms with Crippen LogP contribution in [0.15, 0.2) is 23.4 Å². The highest BCUT2D eigenvalue weighted by atomic mass is 35.5. The minimum absolute atomic E-state index is 0.389. The second kappa shape index (κ2) is 7.37. The van der Waals surface area contributed by atoms with Crippen LogP contribution in [0.5, 0.6) is 0 Å². The van der Waals surface area contributed by atoms with Gasteiger partial charge in [-0.2, -0.15) is 0 Å². The Kier molecular flexibility index (Phi) is 5.51. The van der Waals surface area contributed by atoms with E-state index in [4.69, 9.17) is 11.6 Å². The highest BCUT2D eigenvalue weighted by Crippen LogP contribution is 2.15. The molecule has 8 nitrogen and oxygen atoms in total. The molecule has 0 aromatic carbocycles. The van der Waals surface area contributed by atoms with Gasteiger partial charge in [0.25, 0.3) is 5.96 Å². The van der Waals surface area contributed by atoms with Gasteiger partial charge in [-0.1, -0.05) is 24.6 Å². The summed E-state index contributed by atoms with van der Waals surface area (Å²) in [6.07, 6.45) is 2.56. The van der Waals surface area contributed by atoms with Crippen molar-refractivity contribution in [1.82, 2.24) is 19.7 Å². The lowest BCUT2D eigenvalue weighted by atomic mass is 10.2. The highest BCUT2D eigenvalue weighted by Gasteiger charge is 2.29. The van der Waals surface area contributed by atoms with Crippen molar-refractivity contribution in [3.63, 3.8) is 0 Å². The van der Waals surface area contributed by atoms with Crippen LogP contribution in [-0.2, 0) is 6.54 Å². The fourth-order valence-corrected chi connectivity index (χ4v) is 2.55. The van der Waals surface area contributed by atoms with Crippen molar-refractivity contribution in [3.8, 4) is 0 Å². The number of aromatic nitrogens is 1. The fraction of sp³-hybridized carbons (Fsp3) is 0.538. The Balaban J connectivity index is 2.23. The second-order valence-corrected chi connectivity index (χ2v) is 5.61. The molecule has 2 heterocycles. The number of rotatable bonds is 5. The molecule has 0 spiro atoms. The molecule has 0 radical (unpaired) electrons. The summed E-state index contributed by atoms with van der Waals surface area (Å²) >= 11 is 5.79. The van der Waals surface area contributed by atoms with E-state index in [0.29, 0.717) is 37.5 Å². The summed E-state index contributed by atoms with van der Waals surface area (Å²) in [6, 6.07) is 3.57. The van der Waals surface area contributed by atoms with E-state index in [0.717, 1.165) is 12.0 Å². The van der Waals surface area contributed by atoms with Gasteiger partial charge in [-0.15, -0.1) is 0 Å². The van der Waals surface area contributed by atoms with Crippen molar-refractivity contribution in [2.24, 2.45) is 5.10 Å². The third-order valence-electron chi connectivity index (χ3n) is 3.22. The number of hydrazone groups is 1. The Morgan fingerprint density at radius 2 is 2.14 bits per heavy atom. The van der Waals surface area contributed by atoms with E-state index in [2.05, 4.69) is 15.0 Å². The standard InChI is InChI=1S/C13H19ClN6O2/c1-3-6-18-9-17(2)10-19(13(18)16-20(21)22)8-11-4-5-12(14)15-7-11/h4-5,7H,3,6,8-10H2,1-2H3/b16-13+. The zero-order valence-corrected chi connectivity index (χ0v) is 13.4. The lowest BCUT2D eigenvalue weighted by molar-refractivity contribution is -0.486. The second-order valence-electron chi connectivity index (χ2n) is 5.23. The summed E-state index contributed by atoms with van der Waals surface area (Å²) in [7, 11) is 1.97. The molecule has 1 saturated heterocycles. The lowest BCUT2D eigenvalue weighted by Crippen LogP contribution is -2.57. The molecule has 0 atom stereocenters. The van der Waals surface area contributed by atoms with Crippen molar-refractivity contribution >= 4 is 17.6 Å². The molecule has 0 N–H and O–H groups in total. The average Bonchev–Trinajstić information content (AvgIpc) is 2.45. The van der Waals surface area contributed by atoms with Crippen LogP contribution >= 0.6 is 11.6 Å². The van der Waals surface area contributed by atoms with Crippen LogP contribution in [0.2, 0.25) is 5.15 Å². The Bertz CT molecular complexity index is 550. The van der Waals surface area contributed by atoms with Crippen LogP contribution in [0, 0.1) is 10.1 Å². The largest absolute Gasteiger partial charge is 0.324 e. The minimum atomic E-state index is -0.642. The minimum Gasteiger partial charge on any atom is -0.324 e. The summed E-state index contributed by atoms with van der Waals surface area (Å²) in [5.41, 5.74) is 0.923. The molecule has 120 valence electrons. The highest BCUT2D eigenvalue weighted by molar-refractivity contribution is 6.29. The third-order valence-corrected chi connectivity index (χ3v) is 3.44. The van der Waals surface area contributed by atoms with E-state index in [-0.39, 0.29) is 0 Å². The zero-order chi connectivity index (χ0) is 16.1. The number of hydrogen-bond acceptors (Lipinski definition) is 4. The van der Waals surface area contributed by atoms with Crippen LogP contribution in [-0.4, -0.2) is 57.6 Å². The average molecular weight is 327 g/mol. The molecule has 0 saturated carbocycles. The van der Waals surface area contributed by atoms with Gasteiger partial charge in [0.1, 0.15) is 10.3 Å². The normalized spacial score (nSPS) is 18.0. The van der Waals surface area contributed by atoms with Crippen molar-refractivity contribution in [2.75, 3.05) is 26.9 Å². The molecule has 0 aliphatic carbocycles. The van der Waals surface area contributed by atoms with Gasteiger partial charge in [0.2, 0.25) is 0 Å². The van der Waals surface area contributed by atoms with Crippen LogP contribution < -0.4 is 0 Å². The molecular weight excluding hydrogens is 308 g/mol. The van der Waals surface area contributed by atoms with E-state index >= 15 is 0 Å². The summed E-state index contributed by atoms with van der Waals surface area (Å²) in [5.74, 6) is 0.389. The molecule has 1 aliphatic heterocycles. The van der Waals surface area contributed by atoms with Gasteiger partial charge < -0.3 is 9.80 Å². The molecule has 1 fully saturated rings. The van der Waals surface area contributed by atoms with Crippen molar-refractivity contribution in [1.29, 1.82) is 0 Å². The van der Waals surface area contributed by atoms with Gasteiger partial charge in [-0.25, -0.2) is 15.1 Å². The maximum atomic E-state index is 10.9. The lowest BCUT2D eigenvalue weighted by Gasteiger charge is -2.41. The first-order valence-corrected chi connectivity index (χ1v) is 7.39. The number of hydrogen-bond donors (Lipinski definition) is 0. The first kappa shape index (κ1) is 16.4. The van der Waals surface area contributed by atoms with Gasteiger partial charge in [0, 0.05) is 19.3 Å². The van der Waals surface area contributed by atoms with Crippen molar-refractivity contribution in [3.05, 3.63) is 39.2 Å². The summed E-state index contributed by atoms with van der Waals surface area (Å²) < 4.78 is 0. The summed E-state index contributed by atoms with van der Waals surface area (Å²) in [5, 5.41) is 14.2. The Hall–Kier alpha value is -1.93. The number of nitro groups is 1. The van der Waals surface area contributed by atoms with Crippen molar-refractivity contribution in [2.45, 2.75) is 19.9 Å². The van der Waals surface area contributed by atoms with E-state index in [9.17, 15) is 10.1 Å². The SMILES string of the molecule is CCCN1CN(C)CN(Cc2ccc(Cl)nc2)/C1=N/[N+](=O)[O-]. The zero-order valence-electron chi connectivity index (χ0n) is 12.6. The van der Waals surface area contributed by atoms with E-state index in [1.807, 2.05) is 29.8 Å². The van der Waals surface area contributed by atoms with Gasteiger partial charge in [0.05, 0.1) is 13.3 Å². The maximum absolute atomic E-state index is 10.9. The molecule has 1 aromatic heterocycles.